The number of halogens is 2. The topological polar surface area (TPSA) is 47.6 Å². The Bertz CT molecular complexity index is 708. The molecule has 1 amide bonds. The number of hydrogen-bond acceptors (Lipinski definition) is 4. The second-order valence-corrected chi connectivity index (χ2v) is 6.80. The minimum absolute atomic E-state index is 0.115. The van der Waals surface area contributed by atoms with Crippen molar-refractivity contribution in [2.45, 2.75) is 11.3 Å². The molecular weight excluding hydrogens is 369 g/mol. The fraction of sp³-hybridized carbons (Fsp3) is 0.235. The van der Waals surface area contributed by atoms with Gasteiger partial charge in [0.1, 0.15) is 11.5 Å². The van der Waals surface area contributed by atoms with Crippen molar-refractivity contribution in [3.05, 3.63) is 46.4 Å². The molecule has 2 rings (SSSR count). The highest BCUT2D eigenvalue weighted by atomic mass is 35.5. The third-order valence-corrected chi connectivity index (χ3v) is 4.72. The van der Waals surface area contributed by atoms with Gasteiger partial charge < -0.3 is 14.8 Å². The van der Waals surface area contributed by atoms with Crippen LogP contribution in [0.15, 0.2) is 41.3 Å². The fourth-order valence-corrected chi connectivity index (χ4v) is 3.18. The molecule has 0 saturated heterocycles. The van der Waals surface area contributed by atoms with Crippen LogP contribution in [0.3, 0.4) is 0 Å². The first-order valence-electron chi connectivity index (χ1n) is 7.13. The van der Waals surface area contributed by atoms with Crippen molar-refractivity contribution in [1.29, 1.82) is 0 Å². The number of benzene rings is 2. The lowest BCUT2D eigenvalue weighted by molar-refractivity contribution is -0.115. The summed E-state index contributed by atoms with van der Waals surface area (Å²) in [5.74, 6) is 1.52. The van der Waals surface area contributed by atoms with Gasteiger partial charge in [-0.3, -0.25) is 4.79 Å². The van der Waals surface area contributed by atoms with E-state index in [0.717, 1.165) is 4.90 Å². The molecule has 0 heterocycles. The Morgan fingerprint density at radius 2 is 1.75 bits per heavy atom. The minimum Gasteiger partial charge on any atom is -0.495 e. The molecule has 0 unspecified atom stereocenters. The largest absolute Gasteiger partial charge is 0.495 e. The van der Waals surface area contributed by atoms with Crippen molar-refractivity contribution in [1.82, 2.24) is 0 Å². The number of hydrogen-bond donors (Lipinski definition) is 1. The van der Waals surface area contributed by atoms with Crippen LogP contribution in [0.2, 0.25) is 10.0 Å². The summed E-state index contributed by atoms with van der Waals surface area (Å²) < 4.78 is 10.4. The molecule has 0 aliphatic rings. The first kappa shape index (κ1) is 18.8. The molecule has 4 nitrogen and oxygen atoms in total. The summed E-state index contributed by atoms with van der Waals surface area (Å²) in [4.78, 5) is 13.2. The molecule has 0 fully saturated rings. The van der Waals surface area contributed by atoms with E-state index < -0.39 is 0 Å². The standard InChI is InChI=1S/C17H17Cl2NO3S/c1-22-15-10-16(23-2)14(9-13(15)19)20-17(21)7-8-24-12-5-3-11(18)4-6-12/h3-6,9-10H,7-8H2,1-2H3,(H,20,21). The zero-order valence-corrected chi connectivity index (χ0v) is 15.6. The van der Waals surface area contributed by atoms with Crippen LogP contribution in [0, 0.1) is 0 Å². The summed E-state index contributed by atoms with van der Waals surface area (Å²) in [5.41, 5.74) is 0.518. The molecular formula is C17H17Cl2NO3S. The van der Waals surface area contributed by atoms with Crippen molar-refractivity contribution < 1.29 is 14.3 Å². The molecule has 24 heavy (non-hydrogen) atoms. The molecule has 1 N–H and O–H groups in total. The van der Waals surface area contributed by atoms with E-state index in [-0.39, 0.29) is 5.91 Å². The maximum Gasteiger partial charge on any atom is 0.225 e. The fourth-order valence-electron chi connectivity index (χ4n) is 1.96. The second kappa shape index (κ2) is 9.06. The van der Waals surface area contributed by atoms with Crippen LogP contribution in [0.1, 0.15) is 6.42 Å². The monoisotopic (exact) mass is 385 g/mol. The third kappa shape index (κ3) is 5.23. The number of rotatable bonds is 7. The predicted octanol–water partition coefficient (Wildman–Crippen LogP) is 5.13. The van der Waals surface area contributed by atoms with Crippen LogP contribution >= 0.6 is 35.0 Å². The Balaban J connectivity index is 1.92. The average Bonchev–Trinajstić information content (AvgIpc) is 2.57. The van der Waals surface area contributed by atoms with Crippen LogP contribution in [-0.4, -0.2) is 25.9 Å². The zero-order chi connectivity index (χ0) is 17.5. The molecule has 0 radical (unpaired) electrons. The van der Waals surface area contributed by atoms with E-state index in [9.17, 15) is 4.79 Å². The first-order chi connectivity index (χ1) is 11.5. The average molecular weight is 386 g/mol. The van der Waals surface area contributed by atoms with E-state index in [0.29, 0.717) is 39.4 Å². The summed E-state index contributed by atoms with van der Waals surface area (Å²) in [6, 6.07) is 10.8. The molecule has 2 aromatic rings. The van der Waals surface area contributed by atoms with Gasteiger partial charge in [0, 0.05) is 28.2 Å². The number of amides is 1. The van der Waals surface area contributed by atoms with Crippen molar-refractivity contribution in [2.75, 3.05) is 25.3 Å². The summed E-state index contributed by atoms with van der Waals surface area (Å²) >= 11 is 13.5. The summed E-state index contributed by atoms with van der Waals surface area (Å²) in [7, 11) is 3.04. The van der Waals surface area contributed by atoms with E-state index in [1.54, 1.807) is 23.9 Å². The lowest BCUT2D eigenvalue weighted by atomic mass is 10.2. The van der Waals surface area contributed by atoms with E-state index in [1.165, 1.54) is 14.2 Å². The number of nitrogens with one attached hydrogen (secondary N) is 1. The quantitative estimate of drug-likeness (QED) is 0.670. The van der Waals surface area contributed by atoms with Crippen LogP contribution in [0.4, 0.5) is 5.69 Å². The Morgan fingerprint density at radius 3 is 2.38 bits per heavy atom. The van der Waals surface area contributed by atoms with Crippen LogP contribution in [0.25, 0.3) is 0 Å². The molecule has 0 aromatic heterocycles. The molecule has 0 atom stereocenters. The zero-order valence-electron chi connectivity index (χ0n) is 13.3. The predicted molar refractivity (Wildman–Crippen MR) is 100.0 cm³/mol. The van der Waals surface area contributed by atoms with E-state index in [4.69, 9.17) is 32.7 Å². The Hall–Kier alpha value is -1.56. The number of anilines is 1. The van der Waals surface area contributed by atoms with Crippen molar-refractivity contribution in [3.63, 3.8) is 0 Å². The maximum atomic E-state index is 12.1. The van der Waals surface area contributed by atoms with Gasteiger partial charge >= 0.3 is 0 Å². The Morgan fingerprint density at radius 1 is 1.08 bits per heavy atom. The SMILES string of the molecule is COc1cc(OC)c(NC(=O)CCSc2ccc(Cl)cc2)cc1Cl. The van der Waals surface area contributed by atoms with Crippen LogP contribution < -0.4 is 14.8 Å². The maximum absolute atomic E-state index is 12.1. The van der Waals surface area contributed by atoms with Gasteiger partial charge in [-0.25, -0.2) is 0 Å². The molecule has 7 heteroatoms. The van der Waals surface area contributed by atoms with Crippen molar-refractivity contribution in [2.24, 2.45) is 0 Å². The lowest BCUT2D eigenvalue weighted by Crippen LogP contribution is -2.13. The van der Waals surface area contributed by atoms with Gasteiger partial charge in [0.25, 0.3) is 0 Å². The number of methoxy groups -OCH3 is 2. The molecule has 128 valence electrons. The lowest BCUT2D eigenvalue weighted by Gasteiger charge is -2.13. The molecule has 0 bridgehead atoms. The minimum atomic E-state index is -0.115. The van der Waals surface area contributed by atoms with Gasteiger partial charge in [0.05, 0.1) is 24.9 Å². The number of carbonyl (C=O) groups excluding carboxylic acids is 1. The molecule has 0 aliphatic carbocycles. The Labute approximate surface area is 155 Å². The van der Waals surface area contributed by atoms with Gasteiger partial charge in [0.15, 0.2) is 0 Å². The first-order valence-corrected chi connectivity index (χ1v) is 8.87. The summed E-state index contributed by atoms with van der Waals surface area (Å²) in [6.45, 7) is 0. The number of carbonyl (C=O) groups is 1. The van der Waals surface area contributed by atoms with Crippen LogP contribution in [-0.2, 0) is 4.79 Å². The highest BCUT2D eigenvalue weighted by Gasteiger charge is 2.12. The third-order valence-electron chi connectivity index (χ3n) is 3.16. The van der Waals surface area contributed by atoms with Gasteiger partial charge in [-0.05, 0) is 30.3 Å². The van der Waals surface area contributed by atoms with Gasteiger partial charge in [-0.1, -0.05) is 23.2 Å². The van der Waals surface area contributed by atoms with Crippen molar-refractivity contribution in [3.8, 4) is 11.5 Å². The number of ether oxygens (including phenoxy) is 2. The van der Waals surface area contributed by atoms with Crippen molar-refractivity contribution >= 4 is 46.6 Å². The normalized spacial score (nSPS) is 10.3. The van der Waals surface area contributed by atoms with E-state index in [2.05, 4.69) is 5.32 Å². The molecule has 0 spiro atoms. The number of thioether (sulfide) groups is 1. The van der Waals surface area contributed by atoms with E-state index >= 15 is 0 Å². The molecule has 2 aromatic carbocycles. The Kier molecular flexibility index (Phi) is 7.09. The van der Waals surface area contributed by atoms with Gasteiger partial charge in [-0.2, -0.15) is 0 Å². The van der Waals surface area contributed by atoms with Gasteiger partial charge in [-0.15, -0.1) is 11.8 Å². The van der Waals surface area contributed by atoms with Gasteiger partial charge in [0.2, 0.25) is 5.91 Å². The highest BCUT2D eigenvalue weighted by Crippen LogP contribution is 2.36. The van der Waals surface area contributed by atoms with Crippen LogP contribution in [0.5, 0.6) is 11.5 Å². The summed E-state index contributed by atoms with van der Waals surface area (Å²) in [5, 5.41) is 3.91. The second-order valence-electron chi connectivity index (χ2n) is 4.79. The highest BCUT2D eigenvalue weighted by molar-refractivity contribution is 7.99. The van der Waals surface area contributed by atoms with E-state index in [1.807, 2.05) is 24.3 Å². The summed E-state index contributed by atoms with van der Waals surface area (Å²) in [6.07, 6.45) is 0.361. The smallest absolute Gasteiger partial charge is 0.225 e. The molecule has 0 saturated carbocycles. The molecule has 0 aliphatic heterocycles.